The molecule has 2 aromatic rings. The van der Waals surface area contributed by atoms with E-state index in [9.17, 15) is 14.9 Å². The van der Waals surface area contributed by atoms with Gasteiger partial charge < -0.3 is 9.47 Å². The van der Waals surface area contributed by atoms with Gasteiger partial charge in [-0.05, 0) is 30.3 Å². The van der Waals surface area contributed by atoms with Gasteiger partial charge in [0.05, 0.1) is 4.92 Å². The molecule has 0 heterocycles. The summed E-state index contributed by atoms with van der Waals surface area (Å²) in [5.74, 6) is -0.322. The Morgan fingerprint density at radius 3 is 2.48 bits per heavy atom. The molecule has 0 radical (unpaired) electrons. The molecule has 0 aliphatic rings. The molecule has 0 saturated heterocycles. The lowest BCUT2D eigenvalue weighted by molar-refractivity contribution is -0.385. The number of ether oxygens (including phenoxy) is 2. The summed E-state index contributed by atoms with van der Waals surface area (Å²) >= 11 is 3.28. The van der Waals surface area contributed by atoms with E-state index >= 15 is 0 Å². The van der Waals surface area contributed by atoms with Crippen LogP contribution in [0.2, 0.25) is 0 Å². The van der Waals surface area contributed by atoms with Crippen molar-refractivity contribution in [3.63, 3.8) is 0 Å². The van der Waals surface area contributed by atoms with Gasteiger partial charge in [-0.3, -0.25) is 10.1 Å². The van der Waals surface area contributed by atoms with Crippen molar-refractivity contribution in [1.29, 1.82) is 0 Å². The van der Waals surface area contributed by atoms with Crippen LogP contribution in [0.15, 0.2) is 53.0 Å². The number of halogens is 1. The molecule has 21 heavy (non-hydrogen) atoms. The average molecular weight is 352 g/mol. The number of hydrogen-bond acceptors (Lipinski definition) is 5. The van der Waals surface area contributed by atoms with Crippen LogP contribution < -0.4 is 9.47 Å². The molecule has 108 valence electrons. The molecular weight excluding hydrogens is 342 g/mol. The summed E-state index contributed by atoms with van der Waals surface area (Å²) in [5, 5.41) is 10.8. The Hall–Kier alpha value is -2.41. The van der Waals surface area contributed by atoms with E-state index in [4.69, 9.17) is 9.47 Å². The van der Waals surface area contributed by atoms with Gasteiger partial charge in [0.25, 0.3) is 0 Å². The van der Waals surface area contributed by atoms with Gasteiger partial charge >= 0.3 is 11.7 Å². The number of esters is 1. The fourth-order valence-corrected chi connectivity index (χ4v) is 1.78. The number of para-hydroxylation sites is 2. The summed E-state index contributed by atoms with van der Waals surface area (Å²) in [6.45, 7) is -0.340. The zero-order valence-electron chi connectivity index (χ0n) is 10.7. The van der Waals surface area contributed by atoms with Gasteiger partial charge in [-0.15, -0.1) is 0 Å². The number of nitro benzene ring substituents is 1. The maximum absolute atomic E-state index is 11.6. The van der Waals surface area contributed by atoms with Gasteiger partial charge in [0.15, 0.2) is 6.61 Å². The molecule has 2 aromatic carbocycles. The first-order valence-corrected chi connectivity index (χ1v) is 6.68. The minimum atomic E-state index is -0.716. The number of nitro groups is 1. The lowest BCUT2D eigenvalue weighted by Gasteiger charge is -2.07. The van der Waals surface area contributed by atoms with Crippen LogP contribution in [0.1, 0.15) is 0 Å². The number of hydrogen-bond donors (Lipinski definition) is 0. The van der Waals surface area contributed by atoms with Crippen LogP contribution in [0.25, 0.3) is 0 Å². The number of rotatable bonds is 5. The quantitative estimate of drug-likeness (QED) is 0.357. The predicted octanol–water partition coefficient (Wildman–Crippen LogP) is 3.34. The van der Waals surface area contributed by atoms with Crippen molar-refractivity contribution in [2.75, 3.05) is 6.61 Å². The third-order valence-corrected chi connectivity index (χ3v) is 2.98. The molecule has 0 atom stereocenters. The van der Waals surface area contributed by atoms with Crippen LogP contribution in [0, 0.1) is 10.1 Å². The molecule has 0 N–H and O–H groups in total. The van der Waals surface area contributed by atoms with Crippen LogP contribution >= 0.6 is 15.9 Å². The highest BCUT2D eigenvalue weighted by Gasteiger charge is 2.17. The molecule has 0 bridgehead atoms. The summed E-state index contributed by atoms with van der Waals surface area (Å²) in [7, 11) is 0. The maximum atomic E-state index is 11.6. The molecule has 2 rings (SSSR count). The van der Waals surface area contributed by atoms with Crippen molar-refractivity contribution in [2.45, 2.75) is 0 Å². The van der Waals surface area contributed by atoms with E-state index < -0.39 is 10.9 Å². The molecule has 0 saturated carbocycles. The highest BCUT2D eigenvalue weighted by atomic mass is 79.9. The van der Waals surface area contributed by atoms with Crippen LogP contribution in [0.5, 0.6) is 11.5 Å². The molecule has 0 unspecified atom stereocenters. The van der Waals surface area contributed by atoms with Crippen LogP contribution in [-0.2, 0) is 4.79 Å². The Bertz CT molecular complexity index is 657. The van der Waals surface area contributed by atoms with Crippen LogP contribution in [-0.4, -0.2) is 17.5 Å². The van der Waals surface area contributed by atoms with Gasteiger partial charge in [-0.1, -0.05) is 28.1 Å². The highest BCUT2D eigenvalue weighted by Crippen LogP contribution is 2.26. The number of benzene rings is 2. The van der Waals surface area contributed by atoms with E-state index in [-0.39, 0.29) is 18.0 Å². The first-order valence-electron chi connectivity index (χ1n) is 5.89. The normalized spacial score (nSPS) is 9.95. The summed E-state index contributed by atoms with van der Waals surface area (Å²) in [4.78, 5) is 21.8. The summed E-state index contributed by atoms with van der Waals surface area (Å²) in [6.07, 6.45) is 0. The van der Waals surface area contributed by atoms with E-state index in [2.05, 4.69) is 15.9 Å². The fraction of sp³-hybridized carbons (Fsp3) is 0.0714. The molecule has 0 aromatic heterocycles. The SMILES string of the molecule is O=C(COc1ccc(Br)cc1)Oc1ccccc1[N+](=O)[O-]. The molecule has 0 aliphatic carbocycles. The van der Waals surface area contributed by atoms with Crippen molar-refractivity contribution in [1.82, 2.24) is 0 Å². The van der Waals surface area contributed by atoms with E-state index in [1.54, 1.807) is 30.3 Å². The first kappa shape index (κ1) is 15.0. The lowest BCUT2D eigenvalue weighted by Crippen LogP contribution is -2.18. The Morgan fingerprint density at radius 1 is 1.14 bits per heavy atom. The number of carbonyl (C=O) groups is 1. The van der Waals surface area contributed by atoms with Gasteiger partial charge in [0, 0.05) is 10.5 Å². The molecule has 0 aliphatic heterocycles. The van der Waals surface area contributed by atoms with Gasteiger partial charge in [0.1, 0.15) is 5.75 Å². The monoisotopic (exact) mass is 351 g/mol. The summed E-state index contributed by atoms with van der Waals surface area (Å²) in [6, 6.07) is 12.6. The average Bonchev–Trinajstić information content (AvgIpc) is 2.47. The second-order valence-electron chi connectivity index (χ2n) is 3.94. The summed E-state index contributed by atoms with van der Waals surface area (Å²) < 4.78 is 11.1. The molecule has 0 fully saturated rings. The molecule has 6 nitrogen and oxygen atoms in total. The molecule has 0 spiro atoms. The van der Waals surface area contributed by atoms with E-state index in [1.165, 1.54) is 18.2 Å². The Morgan fingerprint density at radius 2 is 1.81 bits per heavy atom. The number of carbonyl (C=O) groups excluding carboxylic acids is 1. The summed E-state index contributed by atoms with van der Waals surface area (Å²) in [5.41, 5.74) is -0.269. The van der Waals surface area contributed by atoms with Crippen LogP contribution in [0.3, 0.4) is 0 Å². The highest BCUT2D eigenvalue weighted by molar-refractivity contribution is 9.10. The standard InChI is InChI=1S/C14H10BrNO5/c15-10-5-7-11(8-6-10)20-9-14(17)21-13-4-2-1-3-12(13)16(18)19/h1-8H,9H2. The lowest BCUT2D eigenvalue weighted by atomic mass is 10.3. The van der Waals surface area contributed by atoms with Gasteiger partial charge in [0.2, 0.25) is 5.75 Å². The maximum Gasteiger partial charge on any atom is 0.349 e. The van der Waals surface area contributed by atoms with E-state index in [0.29, 0.717) is 5.75 Å². The topological polar surface area (TPSA) is 78.7 Å². The minimum Gasteiger partial charge on any atom is -0.482 e. The van der Waals surface area contributed by atoms with Gasteiger partial charge in [-0.25, -0.2) is 4.79 Å². The minimum absolute atomic E-state index is 0.105. The second kappa shape index (κ2) is 6.85. The van der Waals surface area contributed by atoms with Crippen molar-refractivity contribution in [3.05, 3.63) is 63.1 Å². The van der Waals surface area contributed by atoms with Gasteiger partial charge in [-0.2, -0.15) is 0 Å². The van der Waals surface area contributed by atoms with Crippen LogP contribution in [0.4, 0.5) is 5.69 Å². The largest absolute Gasteiger partial charge is 0.482 e. The second-order valence-corrected chi connectivity index (χ2v) is 4.86. The van der Waals surface area contributed by atoms with Crippen molar-refractivity contribution >= 4 is 27.6 Å². The zero-order valence-corrected chi connectivity index (χ0v) is 12.3. The molecular formula is C14H10BrNO5. The fourth-order valence-electron chi connectivity index (χ4n) is 1.52. The van der Waals surface area contributed by atoms with Crippen molar-refractivity contribution in [3.8, 4) is 11.5 Å². The Balaban J connectivity index is 1.96. The van der Waals surface area contributed by atoms with Crippen molar-refractivity contribution in [2.24, 2.45) is 0 Å². The number of nitrogens with zero attached hydrogens (tertiary/aromatic N) is 1. The van der Waals surface area contributed by atoms with E-state index in [1.807, 2.05) is 0 Å². The third kappa shape index (κ3) is 4.28. The first-order chi connectivity index (χ1) is 10.1. The molecule has 0 amide bonds. The van der Waals surface area contributed by atoms with E-state index in [0.717, 1.165) is 4.47 Å². The van der Waals surface area contributed by atoms with Crippen molar-refractivity contribution < 1.29 is 19.2 Å². The zero-order chi connectivity index (χ0) is 15.2. The smallest absolute Gasteiger partial charge is 0.349 e. The third-order valence-electron chi connectivity index (χ3n) is 2.46. The molecule has 7 heteroatoms. The Kier molecular flexibility index (Phi) is 4.89. The predicted molar refractivity (Wildman–Crippen MR) is 78.4 cm³/mol. The Labute approximate surface area is 128 Å².